The molecule has 2 heteroatoms. The van der Waals surface area contributed by atoms with E-state index in [1.807, 2.05) is 18.2 Å². The van der Waals surface area contributed by atoms with Crippen molar-refractivity contribution in [2.45, 2.75) is 13.0 Å². The Kier molecular flexibility index (Phi) is 3.77. The van der Waals surface area contributed by atoms with E-state index in [0.717, 1.165) is 6.04 Å². The first-order chi connectivity index (χ1) is 5.84. The lowest BCUT2D eigenvalue weighted by atomic mass is 10.1. The van der Waals surface area contributed by atoms with Crippen molar-refractivity contribution in [1.29, 1.82) is 0 Å². The zero-order valence-corrected chi connectivity index (χ0v) is 8.70. The zero-order chi connectivity index (χ0) is 8.81. The molecule has 0 aliphatic rings. The summed E-state index contributed by atoms with van der Waals surface area (Å²) in [7, 11) is -1.06. The van der Waals surface area contributed by atoms with Crippen molar-refractivity contribution >= 4 is 15.3 Å². The van der Waals surface area contributed by atoms with Crippen molar-refractivity contribution in [2.75, 3.05) is 0 Å². The molecule has 0 spiro atoms. The van der Waals surface area contributed by atoms with Gasteiger partial charge in [-0.1, -0.05) is 36.4 Å². The molecule has 12 heavy (non-hydrogen) atoms. The van der Waals surface area contributed by atoms with E-state index in [-0.39, 0.29) is 0 Å². The van der Waals surface area contributed by atoms with E-state index in [0.29, 0.717) is 0 Å². The Morgan fingerprint density at radius 2 is 2.08 bits per heavy atom. The summed E-state index contributed by atoms with van der Waals surface area (Å²) in [6.07, 6.45) is 2.05. The van der Waals surface area contributed by atoms with Gasteiger partial charge in [0.2, 0.25) is 9.76 Å². The van der Waals surface area contributed by atoms with E-state index in [4.69, 9.17) is 0 Å². The summed E-state index contributed by atoms with van der Waals surface area (Å²) in [5, 5.41) is 0. The number of rotatable bonds is 3. The van der Waals surface area contributed by atoms with Crippen LogP contribution in [-0.4, -0.2) is 9.76 Å². The fraction of sp³-hybridized carbons (Fsp3) is 0.200. The van der Waals surface area contributed by atoms with Crippen molar-refractivity contribution in [1.82, 2.24) is 0 Å². The second-order valence-corrected chi connectivity index (χ2v) is 3.73. The second kappa shape index (κ2) is 4.90. The van der Waals surface area contributed by atoms with Gasteiger partial charge in [0.05, 0.1) is 0 Å². The summed E-state index contributed by atoms with van der Waals surface area (Å²) < 4.78 is 0. The predicted molar refractivity (Wildman–Crippen MR) is 54.1 cm³/mol. The highest BCUT2D eigenvalue weighted by Gasteiger charge is 1.92. The van der Waals surface area contributed by atoms with Crippen LogP contribution in [0.15, 0.2) is 36.4 Å². The SMILES string of the molecule is CC(=CC[SiH2][O])c1ccccc1. The molecule has 0 atom stereocenters. The lowest BCUT2D eigenvalue weighted by Crippen LogP contribution is -1.82. The van der Waals surface area contributed by atoms with Crippen LogP contribution in [0.4, 0.5) is 0 Å². The van der Waals surface area contributed by atoms with E-state index in [1.165, 1.54) is 11.1 Å². The highest BCUT2D eigenvalue weighted by molar-refractivity contribution is 6.25. The minimum Gasteiger partial charge on any atom is -0.306 e. The Bertz CT molecular complexity index is 254. The highest BCUT2D eigenvalue weighted by atomic mass is 28.2. The Morgan fingerprint density at radius 1 is 1.42 bits per heavy atom. The third kappa shape index (κ3) is 2.64. The molecule has 0 amide bonds. The van der Waals surface area contributed by atoms with Gasteiger partial charge in [-0.25, -0.2) is 0 Å². The molecule has 0 saturated heterocycles. The molecular formula is C10H13OSi. The van der Waals surface area contributed by atoms with Crippen molar-refractivity contribution in [2.24, 2.45) is 0 Å². The number of hydrogen-bond donors (Lipinski definition) is 0. The molecule has 0 N–H and O–H groups in total. The Morgan fingerprint density at radius 3 is 2.67 bits per heavy atom. The minimum atomic E-state index is -1.06. The lowest BCUT2D eigenvalue weighted by molar-refractivity contribution is 0.476. The van der Waals surface area contributed by atoms with Gasteiger partial charge < -0.3 is 4.80 Å². The van der Waals surface area contributed by atoms with Crippen LogP contribution in [0.2, 0.25) is 6.04 Å². The normalized spacial score (nSPS) is 12.7. The Balaban J connectivity index is 2.71. The van der Waals surface area contributed by atoms with E-state index < -0.39 is 9.76 Å². The smallest absolute Gasteiger partial charge is 0.210 e. The monoisotopic (exact) mass is 177 g/mol. The van der Waals surface area contributed by atoms with Gasteiger partial charge in [0.15, 0.2) is 0 Å². The van der Waals surface area contributed by atoms with Crippen molar-refractivity contribution in [3.05, 3.63) is 42.0 Å². The fourth-order valence-corrected chi connectivity index (χ4v) is 1.65. The molecule has 0 aromatic heterocycles. The van der Waals surface area contributed by atoms with Gasteiger partial charge in [-0.15, -0.1) is 0 Å². The molecule has 1 aromatic rings. The molecular weight excluding hydrogens is 164 g/mol. The third-order valence-electron chi connectivity index (χ3n) is 1.80. The Labute approximate surface area is 75.7 Å². The van der Waals surface area contributed by atoms with E-state index >= 15 is 0 Å². The molecule has 1 rings (SSSR count). The van der Waals surface area contributed by atoms with Crippen LogP contribution in [0.25, 0.3) is 5.57 Å². The number of benzene rings is 1. The van der Waals surface area contributed by atoms with Gasteiger partial charge in [0.1, 0.15) is 0 Å². The van der Waals surface area contributed by atoms with E-state index in [9.17, 15) is 4.80 Å². The summed E-state index contributed by atoms with van der Waals surface area (Å²) in [5.74, 6) is 0. The van der Waals surface area contributed by atoms with Crippen molar-refractivity contribution in [3.63, 3.8) is 0 Å². The second-order valence-electron chi connectivity index (χ2n) is 2.75. The van der Waals surface area contributed by atoms with Crippen molar-refractivity contribution < 1.29 is 4.80 Å². The van der Waals surface area contributed by atoms with E-state index in [2.05, 4.69) is 25.1 Å². The van der Waals surface area contributed by atoms with Crippen LogP contribution >= 0.6 is 0 Å². The van der Waals surface area contributed by atoms with Gasteiger partial charge in [-0.3, -0.25) is 0 Å². The summed E-state index contributed by atoms with van der Waals surface area (Å²) >= 11 is 0. The minimum absolute atomic E-state index is 0.765. The van der Waals surface area contributed by atoms with Crippen LogP contribution in [0.1, 0.15) is 12.5 Å². The molecule has 63 valence electrons. The third-order valence-corrected chi connectivity index (χ3v) is 2.32. The Hall–Kier alpha value is -0.863. The first-order valence-corrected chi connectivity index (χ1v) is 5.72. The number of hydrogen-bond acceptors (Lipinski definition) is 0. The quantitative estimate of drug-likeness (QED) is 0.630. The molecule has 0 unspecified atom stereocenters. The molecule has 0 aliphatic heterocycles. The largest absolute Gasteiger partial charge is 0.306 e. The van der Waals surface area contributed by atoms with Crippen molar-refractivity contribution in [3.8, 4) is 0 Å². The maximum absolute atomic E-state index is 10.4. The topological polar surface area (TPSA) is 19.9 Å². The summed E-state index contributed by atoms with van der Waals surface area (Å²) in [6.45, 7) is 2.05. The first-order valence-electron chi connectivity index (χ1n) is 4.15. The molecule has 0 saturated carbocycles. The maximum Gasteiger partial charge on any atom is 0.210 e. The summed E-state index contributed by atoms with van der Waals surface area (Å²) in [4.78, 5) is 10.4. The van der Waals surface area contributed by atoms with Crippen LogP contribution in [0, 0.1) is 0 Å². The van der Waals surface area contributed by atoms with E-state index in [1.54, 1.807) is 0 Å². The zero-order valence-electron chi connectivity index (χ0n) is 7.29. The van der Waals surface area contributed by atoms with Gasteiger partial charge in [0.25, 0.3) is 0 Å². The van der Waals surface area contributed by atoms with Crippen LogP contribution in [0.5, 0.6) is 0 Å². The average molecular weight is 177 g/mol. The first kappa shape index (κ1) is 9.23. The van der Waals surface area contributed by atoms with Gasteiger partial charge >= 0.3 is 0 Å². The number of allylic oxidation sites excluding steroid dienone is 2. The maximum atomic E-state index is 10.4. The van der Waals surface area contributed by atoms with Gasteiger partial charge in [0, 0.05) is 0 Å². The van der Waals surface area contributed by atoms with Crippen LogP contribution < -0.4 is 0 Å². The summed E-state index contributed by atoms with van der Waals surface area (Å²) in [6, 6.07) is 10.9. The molecule has 1 radical (unpaired) electrons. The molecule has 0 bridgehead atoms. The summed E-state index contributed by atoms with van der Waals surface area (Å²) in [5.41, 5.74) is 2.44. The molecule has 1 nitrogen and oxygen atoms in total. The average Bonchev–Trinajstić information content (AvgIpc) is 2.15. The molecule has 0 aliphatic carbocycles. The molecule has 0 heterocycles. The molecule has 0 fully saturated rings. The van der Waals surface area contributed by atoms with Gasteiger partial charge in [-0.05, 0) is 24.1 Å². The van der Waals surface area contributed by atoms with Crippen LogP contribution in [-0.2, 0) is 4.80 Å². The highest BCUT2D eigenvalue weighted by Crippen LogP contribution is 2.12. The lowest BCUT2D eigenvalue weighted by Gasteiger charge is -1.99. The van der Waals surface area contributed by atoms with Crippen LogP contribution in [0.3, 0.4) is 0 Å². The predicted octanol–water partition coefficient (Wildman–Crippen LogP) is 2.02. The standard InChI is InChI=1S/C10H13OSi/c1-9(7-8-12-11)10-5-3-2-4-6-10/h2-7H,8,12H2,1H3. The molecule has 1 aromatic carbocycles. The van der Waals surface area contributed by atoms with Gasteiger partial charge in [-0.2, -0.15) is 0 Å². The fourth-order valence-electron chi connectivity index (χ4n) is 1.09.